The molecule has 1 rings (SSSR count). The molecule has 1 amide bonds. The molecular weight excluding hydrogens is 206 g/mol. The van der Waals surface area contributed by atoms with E-state index in [-0.39, 0.29) is 11.9 Å². The van der Waals surface area contributed by atoms with E-state index in [1.807, 2.05) is 6.92 Å². The molecule has 0 radical (unpaired) electrons. The minimum absolute atomic E-state index is 0.0874. The summed E-state index contributed by atoms with van der Waals surface area (Å²) >= 11 is 0. The lowest BCUT2D eigenvalue weighted by atomic mass is 10.3. The molecule has 0 saturated carbocycles. The molecule has 0 aliphatic carbocycles. The number of likely N-dealkylation sites (N-methyl/N-ethyl adjacent to an activating group) is 1. The van der Waals surface area contributed by atoms with Gasteiger partial charge in [0.25, 0.3) is 0 Å². The summed E-state index contributed by atoms with van der Waals surface area (Å²) in [6.07, 6.45) is 3.22. The molecule has 88 valence electrons. The van der Waals surface area contributed by atoms with Crippen LogP contribution in [0.1, 0.15) is 13.8 Å². The van der Waals surface area contributed by atoms with Gasteiger partial charge in [0.15, 0.2) is 0 Å². The second kappa shape index (κ2) is 5.89. The van der Waals surface area contributed by atoms with E-state index in [1.54, 1.807) is 26.4 Å². The fraction of sp³-hybridized carbons (Fsp3) is 0.500. The Balaban J connectivity index is 2.66. The van der Waals surface area contributed by atoms with E-state index >= 15 is 0 Å². The van der Waals surface area contributed by atoms with Crippen LogP contribution in [0.15, 0.2) is 12.4 Å². The maximum absolute atomic E-state index is 11.3. The molecule has 1 aromatic rings. The average molecular weight is 223 g/mol. The van der Waals surface area contributed by atoms with Crippen LogP contribution in [0.2, 0.25) is 0 Å². The first-order chi connectivity index (χ1) is 7.67. The van der Waals surface area contributed by atoms with E-state index < -0.39 is 0 Å². The number of nitrogens with zero attached hydrogens (tertiary/aromatic N) is 2. The van der Waals surface area contributed by atoms with E-state index in [0.717, 1.165) is 6.54 Å². The van der Waals surface area contributed by atoms with Crippen molar-refractivity contribution in [3.05, 3.63) is 12.4 Å². The standard InChI is InChI=1S/C10H17N5O/c1-4-13-8-5-12-6-9(15-8)14-7(2)10(16)11-3/h5-7H,4H2,1-3H3,(H,11,16)(H2,13,14,15). The van der Waals surface area contributed by atoms with Gasteiger partial charge in [-0.25, -0.2) is 4.98 Å². The van der Waals surface area contributed by atoms with Crippen LogP contribution in [0.25, 0.3) is 0 Å². The number of anilines is 2. The number of nitrogens with one attached hydrogen (secondary N) is 3. The highest BCUT2D eigenvalue weighted by molar-refractivity contribution is 5.83. The molecule has 1 unspecified atom stereocenters. The maximum atomic E-state index is 11.3. The summed E-state index contributed by atoms with van der Waals surface area (Å²) in [5.74, 6) is 1.18. The van der Waals surface area contributed by atoms with Crippen LogP contribution < -0.4 is 16.0 Å². The molecule has 3 N–H and O–H groups in total. The van der Waals surface area contributed by atoms with Gasteiger partial charge in [0, 0.05) is 13.6 Å². The average Bonchev–Trinajstić information content (AvgIpc) is 2.29. The normalized spacial score (nSPS) is 11.7. The van der Waals surface area contributed by atoms with E-state index in [0.29, 0.717) is 11.6 Å². The molecule has 0 aromatic carbocycles. The number of hydrogen-bond donors (Lipinski definition) is 3. The van der Waals surface area contributed by atoms with Gasteiger partial charge in [0.2, 0.25) is 5.91 Å². The molecule has 0 aliphatic rings. The summed E-state index contributed by atoms with van der Waals surface area (Å²) in [5, 5.41) is 8.58. The van der Waals surface area contributed by atoms with Crippen molar-refractivity contribution in [2.24, 2.45) is 0 Å². The second-order valence-corrected chi connectivity index (χ2v) is 3.30. The minimum atomic E-state index is -0.337. The Morgan fingerprint density at radius 2 is 2.12 bits per heavy atom. The van der Waals surface area contributed by atoms with Crippen LogP contribution in [0, 0.1) is 0 Å². The van der Waals surface area contributed by atoms with Crippen LogP contribution in [-0.2, 0) is 4.79 Å². The van der Waals surface area contributed by atoms with Gasteiger partial charge in [-0.2, -0.15) is 0 Å². The zero-order valence-electron chi connectivity index (χ0n) is 9.74. The highest BCUT2D eigenvalue weighted by atomic mass is 16.2. The van der Waals surface area contributed by atoms with Crippen LogP contribution in [0.5, 0.6) is 0 Å². The highest BCUT2D eigenvalue weighted by Crippen LogP contribution is 2.07. The number of aromatic nitrogens is 2. The Kier molecular flexibility index (Phi) is 4.50. The van der Waals surface area contributed by atoms with Crippen molar-refractivity contribution in [1.82, 2.24) is 15.3 Å². The van der Waals surface area contributed by atoms with Gasteiger partial charge in [-0.3, -0.25) is 9.78 Å². The summed E-state index contributed by atoms with van der Waals surface area (Å²) in [5.41, 5.74) is 0. The van der Waals surface area contributed by atoms with Gasteiger partial charge in [0.05, 0.1) is 12.4 Å². The van der Waals surface area contributed by atoms with Crippen molar-refractivity contribution in [3.63, 3.8) is 0 Å². The third-order valence-corrected chi connectivity index (χ3v) is 2.00. The first kappa shape index (κ1) is 12.2. The summed E-state index contributed by atoms with van der Waals surface area (Å²) in [7, 11) is 1.60. The van der Waals surface area contributed by atoms with Gasteiger partial charge in [-0.05, 0) is 13.8 Å². The molecule has 0 spiro atoms. The predicted octanol–water partition coefficient (Wildman–Crippen LogP) is 0.455. The third-order valence-electron chi connectivity index (χ3n) is 2.00. The smallest absolute Gasteiger partial charge is 0.241 e. The molecule has 0 fully saturated rings. The van der Waals surface area contributed by atoms with Crippen molar-refractivity contribution in [3.8, 4) is 0 Å². The van der Waals surface area contributed by atoms with E-state index in [4.69, 9.17) is 0 Å². The van der Waals surface area contributed by atoms with E-state index in [2.05, 4.69) is 25.9 Å². The van der Waals surface area contributed by atoms with E-state index in [9.17, 15) is 4.79 Å². The Morgan fingerprint density at radius 3 is 2.75 bits per heavy atom. The van der Waals surface area contributed by atoms with Crippen LogP contribution in [-0.4, -0.2) is 35.5 Å². The van der Waals surface area contributed by atoms with Crippen molar-refractivity contribution in [1.29, 1.82) is 0 Å². The fourth-order valence-corrected chi connectivity index (χ4v) is 1.21. The SMILES string of the molecule is CCNc1cncc(NC(C)C(=O)NC)n1. The lowest BCUT2D eigenvalue weighted by Gasteiger charge is -2.13. The van der Waals surface area contributed by atoms with Gasteiger partial charge >= 0.3 is 0 Å². The number of rotatable bonds is 5. The lowest BCUT2D eigenvalue weighted by Crippen LogP contribution is -2.35. The molecule has 0 bridgehead atoms. The summed E-state index contributed by atoms with van der Waals surface area (Å²) in [6.45, 7) is 4.53. The highest BCUT2D eigenvalue weighted by Gasteiger charge is 2.11. The molecule has 0 aliphatic heterocycles. The first-order valence-corrected chi connectivity index (χ1v) is 5.21. The Bertz CT molecular complexity index is 355. The molecule has 6 nitrogen and oxygen atoms in total. The van der Waals surface area contributed by atoms with Gasteiger partial charge < -0.3 is 16.0 Å². The summed E-state index contributed by atoms with van der Waals surface area (Å²) < 4.78 is 0. The molecule has 0 saturated heterocycles. The van der Waals surface area contributed by atoms with Crippen LogP contribution >= 0.6 is 0 Å². The Hall–Kier alpha value is -1.85. The third kappa shape index (κ3) is 3.38. The Labute approximate surface area is 94.9 Å². The van der Waals surface area contributed by atoms with E-state index in [1.165, 1.54) is 0 Å². The summed E-state index contributed by atoms with van der Waals surface area (Å²) in [4.78, 5) is 19.6. The summed E-state index contributed by atoms with van der Waals surface area (Å²) in [6, 6.07) is -0.337. The van der Waals surface area contributed by atoms with Gasteiger partial charge in [0.1, 0.15) is 17.7 Å². The molecule has 6 heteroatoms. The second-order valence-electron chi connectivity index (χ2n) is 3.30. The maximum Gasteiger partial charge on any atom is 0.241 e. The fourth-order valence-electron chi connectivity index (χ4n) is 1.21. The number of amides is 1. The number of carbonyl (C=O) groups excluding carboxylic acids is 1. The molecular formula is C10H17N5O. The Morgan fingerprint density at radius 1 is 1.44 bits per heavy atom. The predicted molar refractivity (Wildman–Crippen MR) is 63.3 cm³/mol. The topological polar surface area (TPSA) is 78.9 Å². The monoisotopic (exact) mass is 223 g/mol. The first-order valence-electron chi connectivity index (χ1n) is 5.21. The zero-order valence-corrected chi connectivity index (χ0v) is 9.74. The van der Waals surface area contributed by atoms with Gasteiger partial charge in [-0.15, -0.1) is 0 Å². The largest absolute Gasteiger partial charge is 0.369 e. The number of carbonyl (C=O) groups is 1. The lowest BCUT2D eigenvalue weighted by molar-refractivity contribution is -0.121. The van der Waals surface area contributed by atoms with Crippen molar-refractivity contribution >= 4 is 17.5 Å². The van der Waals surface area contributed by atoms with Crippen LogP contribution in [0.4, 0.5) is 11.6 Å². The quantitative estimate of drug-likeness (QED) is 0.675. The van der Waals surface area contributed by atoms with Crippen LogP contribution in [0.3, 0.4) is 0 Å². The molecule has 1 atom stereocenters. The van der Waals surface area contributed by atoms with Gasteiger partial charge in [-0.1, -0.05) is 0 Å². The molecule has 1 heterocycles. The van der Waals surface area contributed by atoms with Crippen molar-refractivity contribution < 1.29 is 4.79 Å². The van der Waals surface area contributed by atoms with Crippen molar-refractivity contribution in [2.45, 2.75) is 19.9 Å². The zero-order chi connectivity index (χ0) is 12.0. The minimum Gasteiger partial charge on any atom is -0.369 e. The molecule has 1 aromatic heterocycles. The van der Waals surface area contributed by atoms with Crippen molar-refractivity contribution in [2.75, 3.05) is 24.2 Å². The number of hydrogen-bond acceptors (Lipinski definition) is 5. The molecule has 16 heavy (non-hydrogen) atoms.